The monoisotopic (exact) mass is 249 g/mol. The zero-order valence-corrected chi connectivity index (χ0v) is 10.0. The molecule has 0 aromatic heterocycles. The minimum atomic E-state index is -0.383. The Morgan fingerprint density at radius 3 is 2.41 bits per heavy atom. The van der Waals surface area contributed by atoms with Crippen LogP contribution in [-0.4, -0.2) is 0 Å². The molecule has 2 N–H and O–H groups in total. The molecule has 0 aliphatic carbocycles. The predicted molar refractivity (Wildman–Crippen MR) is 68.5 cm³/mol. The second kappa shape index (κ2) is 5.30. The quantitative estimate of drug-likeness (QED) is 0.885. The largest absolute Gasteiger partial charge is 0.326 e. The standard InChI is InChI=1S/C14H13ClFN/c15-13-8-11(4-5-14(13)16)6-10-2-1-3-12(7-10)9-17/h1-5,7-8H,6,9,17H2. The third-order valence-electron chi connectivity index (χ3n) is 2.62. The highest BCUT2D eigenvalue weighted by Gasteiger charge is 2.02. The molecule has 0 atom stereocenters. The molecule has 2 rings (SSSR count). The Kier molecular flexibility index (Phi) is 3.77. The normalized spacial score (nSPS) is 10.5. The van der Waals surface area contributed by atoms with Crippen LogP contribution >= 0.6 is 11.6 Å². The van der Waals surface area contributed by atoms with E-state index in [1.807, 2.05) is 18.2 Å². The fourth-order valence-corrected chi connectivity index (χ4v) is 1.96. The summed E-state index contributed by atoms with van der Waals surface area (Å²) in [5, 5.41) is 0.164. The van der Waals surface area contributed by atoms with E-state index in [1.165, 1.54) is 6.07 Å². The van der Waals surface area contributed by atoms with Gasteiger partial charge in [-0.25, -0.2) is 4.39 Å². The Hall–Kier alpha value is -1.38. The second-order valence-electron chi connectivity index (χ2n) is 3.95. The average Bonchev–Trinajstić information content (AvgIpc) is 2.34. The van der Waals surface area contributed by atoms with E-state index >= 15 is 0 Å². The Bertz CT molecular complexity index is 525. The van der Waals surface area contributed by atoms with Gasteiger partial charge in [0.2, 0.25) is 0 Å². The highest BCUT2D eigenvalue weighted by molar-refractivity contribution is 6.30. The van der Waals surface area contributed by atoms with Crippen molar-refractivity contribution in [1.29, 1.82) is 0 Å². The van der Waals surface area contributed by atoms with Crippen molar-refractivity contribution >= 4 is 11.6 Å². The molecule has 0 unspecified atom stereocenters. The number of hydrogen-bond acceptors (Lipinski definition) is 1. The zero-order chi connectivity index (χ0) is 12.3. The lowest BCUT2D eigenvalue weighted by molar-refractivity contribution is 0.627. The lowest BCUT2D eigenvalue weighted by Gasteiger charge is -2.05. The molecule has 0 radical (unpaired) electrons. The summed E-state index contributed by atoms with van der Waals surface area (Å²) in [6, 6.07) is 12.8. The van der Waals surface area contributed by atoms with Gasteiger partial charge in [0.15, 0.2) is 0 Å². The molecule has 0 heterocycles. The number of nitrogens with two attached hydrogens (primary N) is 1. The van der Waals surface area contributed by atoms with Crippen LogP contribution in [0.1, 0.15) is 16.7 Å². The maximum atomic E-state index is 13.0. The second-order valence-corrected chi connectivity index (χ2v) is 4.36. The summed E-state index contributed by atoms with van der Waals surface area (Å²) in [5.74, 6) is -0.383. The molecular formula is C14H13ClFN. The van der Waals surface area contributed by atoms with Gasteiger partial charge in [-0.05, 0) is 35.2 Å². The van der Waals surface area contributed by atoms with E-state index in [1.54, 1.807) is 12.1 Å². The molecule has 2 aromatic carbocycles. The molecular weight excluding hydrogens is 237 g/mol. The first-order chi connectivity index (χ1) is 8.19. The first-order valence-electron chi connectivity index (χ1n) is 5.41. The van der Waals surface area contributed by atoms with Crippen molar-refractivity contribution in [1.82, 2.24) is 0 Å². The van der Waals surface area contributed by atoms with E-state index in [-0.39, 0.29) is 10.8 Å². The Morgan fingerprint density at radius 1 is 1.00 bits per heavy atom. The van der Waals surface area contributed by atoms with Gasteiger partial charge in [-0.15, -0.1) is 0 Å². The first kappa shape index (κ1) is 12.1. The van der Waals surface area contributed by atoms with Crippen LogP contribution in [0, 0.1) is 5.82 Å². The Morgan fingerprint density at radius 2 is 1.71 bits per heavy atom. The van der Waals surface area contributed by atoms with Crippen molar-refractivity contribution in [3.63, 3.8) is 0 Å². The van der Waals surface area contributed by atoms with Gasteiger partial charge in [0.05, 0.1) is 5.02 Å². The van der Waals surface area contributed by atoms with Gasteiger partial charge < -0.3 is 5.73 Å². The number of hydrogen-bond donors (Lipinski definition) is 1. The number of rotatable bonds is 3. The van der Waals surface area contributed by atoms with Gasteiger partial charge in [0, 0.05) is 6.54 Å². The van der Waals surface area contributed by atoms with Crippen LogP contribution in [0.5, 0.6) is 0 Å². The summed E-state index contributed by atoms with van der Waals surface area (Å²) in [7, 11) is 0. The van der Waals surface area contributed by atoms with Gasteiger partial charge in [0.1, 0.15) is 5.82 Å². The molecule has 0 amide bonds. The highest BCUT2D eigenvalue weighted by Crippen LogP contribution is 2.18. The van der Waals surface area contributed by atoms with Gasteiger partial charge in [-0.3, -0.25) is 0 Å². The molecule has 0 aliphatic heterocycles. The van der Waals surface area contributed by atoms with Gasteiger partial charge in [0.25, 0.3) is 0 Å². The van der Waals surface area contributed by atoms with Crippen LogP contribution in [0.25, 0.3) is 0 Å². The van der Waals surface area contributed by atoms with Crippen molar-refractivity contribution in [2.24, 2.45) is 5.73 Å². The minimum Gasteiger partial charge on any atom is -0.326 e. The van der Waals surface area contributed by atoms with E-state index in [9.17, 15) is 4.39 Å². The van der Waals surface area contributed by atoms with Crippen LogP contribution in [0.2, 0.25) is 5.02 Å². The van der Waals surface area contributed by atoms with Crippen LogP contribution in [-0.2, 0) is 13.0 Å². The fraction of sp³-hybridized carbons (Fsp3) is 0.143. The van der Waals surface area contributed by atoms with Gasteiger partial charge >= 0.3 is 0 Å². The molecule has 17 heavy (non-hydrogen) atoms. The van der Waals surface area contributed by atoms with Gasteiger partial charge in [-0.2, -0.15) is 0 Å². The van der Waals surface area contributed by atoms with E-state index < -0.39 is 0 Å². The lowest BCUT2D eigenvalue weighted by Crippen LogP contribution is -1.97. The molecule has 0 saturated carbocycles. The van der Waals surface area contributed by atoms with E-state index in [2.05, 4.69) is 6.07 Å². The van der Waals surface area contributed by atoms with Crippen molar-refractivity contribution in [2.45, 2.75) is 13.0 Å². The third-order valence-corrected chi connectivity index (χ3v) is 2.91. The molecule has 2 aromatic rings. The van der Waals surface area contributed by atoms with Crippen LogP contribution in [0.15, 0.2) is 42.5 Å². The Labute approximate surface area is 105 Å². The predicted octanol–water partition coefficient (Wildman–Crippen LogP) is 3.53. The molecule has 88 valence electrons. The SMILES string of the molecule is NCc1cccc(Cc2ccc(F)c(Cl)c2)c1. The zero-order valence-electron chi connectivity index (χ0n) is 9.29. The first-order valence-corrected chi connectivity index (χ1v) is 5.78. The number of benzene rings is 2. The molecule has 0 aliphatic rings. The third kappa shape index (κ3) is 3.05. The summed E-state index contributed by atoms with van der Waals surface area (Å²) in [6.45, 7) is 0.526. The Balaban J connectivity index is 2.22. The lowest BCUT2D eigenvalue weighted by atomic mass is 10.0. The summed E-state index contributed by atoms with van der Waals surface area (Å²) in [5.41, 5.74) is 8.82. The molecule has 0 fully saturated rings. The van der Waals surface area contributed by atoms with Crippen molar-refractivity contribution in [3.8, 4) is 0 Å². The van der Waals surface area contributed by atoms with Crippen molar-refractivity contribution in [2.75, 3.05) is 0 Å². The summed E-state index contributed by atoms with van der Waals surface area (Å²) < 4.78 is 13.0. The van der Waals surface area contributed by atoms with Crippen LogP contribution in [0.4, 0.5) is 4.39 Å². The average molecular weight is 250 g/mol. The summed E-state index contributed by atoms with van der Waals surface area (Å²) in [6.07, 6.45) is 0.730. The molecule has 3 heteroatoms. The molecule has 0 saturated heterocycles. The molecule has 0 bridgehead atoms. The van der Waals surface area contributed by atoms with Crippen molar-refractivity contribution in [3.05, 3.63) is 70.0 Å². The maximum absolute atomic E-state index is 13.0. The summed E-state index contributed by atoms with van der Waals surface area (Å²) >= 11 is 5.74. The number of halogens is 2. The van der Waals surface area contributed by atoms with E-state index in [0.717, 1.165) is 23.1 Å². The van der Waals surface area contributed by atoms with Crippen molar-refractivity contribution < 1.29 is 4.39 Å². The summed E-state index contributed by atoms with van der Waals surface area (Å²) in [4.78, 5) is 0. The smallest absolute Gasteiger partial charge is 0.141 e. The minimum absolute atomic E-state index is 0.164. The fourth-order valence-electron chi connectivity index (χ4n) is 1.75. The van der Waals surface area contributed by atoms with Crippen LogP contribution in [0.3, 0.4) is 0 Å². The van der Waals surface area contributed by atoms with Gasteiger partial charge in [-0.1, -0.05) is 41.9 Å². The molecule has 1 nitrogen and oxygen atoms in total. The topological polar surface area (TPSA) is 26.0 Å². The van der Waals surface area contributed by atoms with E-state index in [0.29, 0.717) is 6.54 Å². The van der Waals surface area contributed by atoms with E-state index in [4.69, 9.17) is 17.3 Å². The highest BCUT2D eigenvalue weighted by atomic mass is 35.5. The molecule has 0 spiro atoms. The van der Waals surface area contributed by atoms with Crippen LogP contribution < -0.4 is 5.73 Å². The maximum Gasteiger partial charge on any atom is 0.141 e.